The van der Waals surface area contributed by atoms with Gasteiger partial charge in [0.25, 0.3) is 0 Å². The normalized spacial score (nSPS) is 26.2. The molecule has 1 saturated carbocycles. The lowest BCUT2D eigenvalue weighted by Crippen LogP contribution is -2.52. The Balaban J connectivity index is 1.14. The Hall–Kier alpha value is -3.86. The Labute approximate surface area is 216 Å². The molecule has 2 aromatic carbocycles. The lowest BCUT2D eigenvalue weighted by molar-refractivity contribution is -0.128. The second-order valence-corrected chi connectivity index (χ2v) is 10.6. The van der Waals surface area contributed by atoms with E-state index < -0.39 is 18.2 Å². The highest BCUT2D eigenvalue weighted by molar-refractivity contribution is 5.88. The zero-order valence-electron chi connectivity index (χ0n) is 20.6. The summed E-state index contributed by atoms with van der Waals surface area (Å²) in [5, 5.41) is 15.2. The van der Waals surface area contributed by atoms with Crippen molar-refractivity contribution >= 4 is 17.9 Å². The predicted octanol–water partition coefficient (Wildman–Crippen LogP) is 3.18. The average Bonchev–Trinajstić information content (AvgIpc) is 3.53. The lowest BCUT2D eigenvalue weighted by Gasteiger charge is -2.33. The Kier molecular flexibility index (Phi) is 6.07. The van der Waals surface area contributed by atoms with Crippen molar-refractivity contribution in [3.8, 4) is 17.2 Å². The van der Waals surface area contributed by atoms with E-state index in [1.807, 2.05) is 24.3 Å². The summed E-state index contributed by atoms with van der Waals surface area (Å²) in [7, 11) is 0. The molecule has 4 aliphatic rings. The molecule has 2 aromatic rings. The van der Waals surface area contributed by atoms with Crippen LogP contribution in [-0.2, 0) is 14.3 Å². The second kappa shape index (κ2) is 9.55. The monoisotopic (exact) mass is 498 g/mol. The highest BCUT2D eigenvalue weighted by atomic mass is 16.6. The van der Waals surface area contributed by atoms with Crippen LogP contribution in [0.5, 0.6) is 0 Å². The highest BCUT2D eigenvalue weighted by Crippen LogP contribution is 2.46. The fraction of sp³-hybridized carbons (Fsp3) is 0.448. The number of carbonyl (C=O) groups is 3. The van der Waals surface area contributed by atoms with Gasteiger partial charge in [0, 0.05) is 24.9 Å². The van der Waals surface area contributed by atoms with E-state index in [0.717, 1.165) is 35.1 Å². The van der Waals surface area contributed by atoms with Crippen molar-refractivity contribution < 1.29 is 19.1 Å². The van der Waals surface area contributed by atoms with Gasteiger partial charge in [0.2, 0.25) is 11.8 Å². The molecule has 0 spiro atoms. The van der Waals surface area contributed by atoms with Gasteiger partial charge in [-0.3, -0.25) is 14.5 Å². The number of nitrogens with one attached hydrogen (secondary N) is 2. The first-order valence-corrected chi connectivity index (χ1v) is 13.1. The average molecular weight is 499 g/mol. The topological polar surface area (TPSA) is 112 Å². The van der Waals surface area contributed by atoms with Crippen LogP contribution < -0.4 is 10.6 Å². The van der Waals surface area contributed by atoms with E-state index in [-0.39, 0.29) is 48.5 Å². The molecular weight excluding hydrogens is 468 g/mol. The van der Waals surface area contributed by atoms with Crippen molar-refractivity contribution in [1.29, 1.82) is 5.26 Å². The minimum Gasteiger partial charge on any atom is -0.448 e. The van der Waals surface area contributed by atoms with Crippen molar-refractivity contribution in [2.75, 3.05) is 19.7 Å². The smallest absolute Gasteiger partial charge is 0.410 e. The predicted molar refractivity (Wildman–Crippen MR) is 135 cm³/mol. The molecule has 0 radical (unpaired) electrons. The number of likely N-dealkylation sites (tertiary alicyclic amines) is 1. The first-order valence-electron chi connectivity index (χ1n) is 13.1. The lowest BCUT2D eigenvalue weighted by atomic mass is 9.73. The number of nitrogens with zero attached hydrogens (tertiary/aromatic N) is 2. The summed E-state index contributed by atoms with van der Waals surface area (Å²) in [4.78, 5) is 40.2. The summed E-state index contributed by atoms with van der Waals surface area (Å²) < 4.78 is 5.87. The number of benzene rings is 2. The SMILES string of the molecule is N#C[C@H](C[C@@H]1CCNC1=O)NC(=O)[C@@H]1[C@H]2CC[C@H]2CN1C(=O)OCC1c2ccccc2-c2ccccc21. The Morgan fingerprint density at radius 3 is 2.38 bits per heavy atom. The maximum Gasteiger partial charge on any atom is 0.410 e. The number of rotatable bonds is 6. The van der Waals surface area contributed by atoms with Crippen molar-refractivity contribution in [2.45, 2.75) is 43.7 Å². The first-order chi connectivity index (χ1) is 18.0. The van der Waals surface area contributed by atoms with Gasteiger partial charge in [0.15, 0.2) is 0 Å². The molecular formula is C29H30N4O4. The largest absolute Gasteiger partial charge is 0.448 e. The molecule has 6 rings (SSSR count). The highest BCUT2D eigenvalue weighted by Gasteiger charge is 2.52. The van der Waals surface area contributed by atoms with Crippen LogP contribution in [0, 0.1) is 29.1 Å². The van der Waals surface area contributed by atoms with E-state index in [2.05, 4.69) is 41.0 Å². The molecule has 37 heavy (non-hydrogen) atoms. The van der Waals surface area contributed by atoms with E-state index in [9.17, 15) is 19.6 Å². The van der Waals surface area contributed by atoms with E-state index >= 15 is 0 Å². The summed E-state index contributed by atoms with van der Waals surface area (Å²) in [5.74, 6) is -0.376. The third-order valence-electron chi connectivity index (χ3n) is 8.64. The number of ether oxygens (including phenoxy) is 1. The maximum absolute atomic E-state index is 13.4. The van der Waals surface area contributed by atoms with Gasteiger partial charge in [-0.1, -0.05) is 48.5 Å². The zero-order chi connectivity index (χ0) is 25.5. The van der Waals surface area contributed by atoms with Crippen molar-refractivity contribution in [2.24, 2.45) is 17.8 Å². The molecule has 3 fully saturated rings. The molecule has 2 heterocycles. The quantitative estimate of drug-likeness (QED) is 0.636. The number of nitriles is 1. The molecule has 8 heteroatoms. The van der Waals surface area contributed by atoms with Gasteiger partial charge in [-0.05, 0) is 59.8 Å². The fourth-order valence-corrected chi connectivity index (χ4v) is 6.59. The summed E-state index contributed by atoms with van der Waals surface area (Å²) in [6.07, 6.45) is 2.30. The molecule has 5 atom stereocenters. The second-order valence-electron chi connectivity index (χ2n) is 10.6. The molecule has 8 nitrogen and oxygen atoms in total. The van der Waals surface area contributed by atoms with Gasteiger partial charge in [-0.15, -0.1) is 0 Å². The van der Waals surface area contributed by atoms with Gasteiger partial charge < -0.3 is 15.4 Å². The molecule has 3 amide bonds. The minimum absolute atomic E-state index is 0.0523. The third kappa shape index (κ3) is 4.12. The van der Waals surface area contributed by atoms with Gasteiger partial charge in [-0.25, -0.2) is 4.79 Å². The van der Waals surface area contributed by atoms with Crippen molar-refractivity contribution in [3.63, 3.8) is 0 Å². The van der Waals surface area contributed by atoms with Crippen molar-refractivity contribution in [1.82, 2.24) is 15.5 Å². The molecule has 2 aliphatic carbocycles. The van der Waals surface area contributed by atoms with Crippen LogP contribution in [0.4, 0.5) is 4.79 Å². The molecule has 2 saturated heterocycles. The number of hydrogen-bond acceptors (Lipinski definition) is 5. The minimum atomic E-state index is -0.773. The van der Waals surface area contributed by atoms with Crippen LogP contribution >= 0.6 is 0 Å². The third-order valence-corrected chi connectivity index (χ3v) is 8.64. The van der Waals surface area contributed by atoms with Crippen LogP contribution in [0.1, 0.15) is 42.7 Å². The van der Waals surface area contributed by atoms with Gasteiger partial charge in [0.05, 0.1) is 6.07 Å². The Morgan fingerprint density at radius 1 is 1.08 bits per heavy atom. The Bertz CT molecular complexity index is 1240. The molecule has 190 valence electrons. The fourth-order valence-electron chi connectivity index (χ4n) is 6.59. The molecule has 2 N–H and O–H groups in total. The molecule has 2 aliphatic heterocycles. The molecule has 0 unspecified atom stereocenters. The number of amides is 3. The maximum atomic E-state index is 13.4. The van der Waals surface area contributed by atoms with Crippen LogP contribution in [-0.4, -0.2) is 54.6 Å². The summed E-state index contributed by atoms with van der Waals surface area (Å²) in [5.41, 5.74) is 4.60. The first kappa shape index (κ1) is 23.5. The van der Waals surface area contributed by atoms with Gasteiger partial charge >= 0.3 is 6.09 Å². The summed E-state index contributed by atoms with van der Waals surface area (Å²) in [6, 6.07) is 17.1. The van der Waals surface area contributed by atoms with E-state index in [0.29, 0.717) is 19.5 Å². The van der Waals surface area contributed by atoms with Crippen molar-refractivity contribution in [3.05, 3.63) is 59.7 Å². The zero-order valence-corrected chi connectivity index (χ0v) is 20.6. The summed E-state index contributed by atoms with van der Waals surface area (Å²) in [6.45, 7) is 1.28. The summed E-state index contributed by atoms with van der Waals surface area (Å²) >= 11 is 0. The number of fused-ring (bicyclic) bond motifs is 4. The van der Waals surface area contributed by atoms with Gasteiger partial charge in [-0.2, -0.15) is 5.26 Å². The van der Waals surface area contributed by atoms with Crippen LogP contribution in [0.3, 0.4) is 0 Å². The van der Waals surface area contributed by atoms with E-state index in [1.54, 1.807) is 4.90 Å². The number of hydrogen-bond donors (Lipinski definition) is 2. The standard InChI is InChI=1S/C29H30N4O4/c30-14-19(13-17-11-12-31-27(17)34)32-28(35)26-20-10-9-18(20)15-33(26)29(36)37-16-25-23-7-3-1-5-21(23)22-6-2-4-8-24(22)25/h1-8,17-20,25-26H,9-13,15-16H2,(H,31,34)(H,32,35)/t17-,18-,19-,20-,26-/m0/s1. The van der Waals surface area contributed by atoms with Gasteiger partial charge in [0.1, 0.15) is 18.7 Å². The van der Waals surface area contributed by atoms with Crippen LogP contribution in [0.2, 0.25) is 0 Å². The molecule has 0 aromatic heterocycles. The number of carbonyl (C=O) groups excluding carboxylic acids is 3. The van der Waals surface area contributed by atoms with Crippen LogP contribution in [0.15, 0.2) is 48.5 Å². The molecule has 0 bridgehead atoms. The van der Waals surface area contributed by atoms with E-state index in [1.165, 1.54) is 0 Å². The Morgan fingerprint density at radius 2 is 1.78 bits per heavy atom. The van der Waals surface area contributed by atoms with E-state index in [4.69, 9.17) is 4.74 Å². The van der Waals surface area contributed by atoms with Crippen LogP contribution in [0.25, 0.3) is 11.1 Å².